The first-order chi connectivity index (χ1) is 8.19. The van der Waals surface area contributed by atoms with Gasteiger partial charge in [0.25, 0.3) is 0 Å². The van der Waals surface area contributed by atoms with E-state index in [9.17, 15) is 0 Å². The molecule has 1 aromatic heterocycles. The van der Waals surface area contributed by atoms with E-state index < -0.39 is 0 Å². The summed E-state index contributed by atoms with van der Waals surface area (Å²) in [5.41, 5.74) is 6.52. The van der Waals surface area contributed by atoms with Crippen LogP contribution < -0.4 is 5.73 Å². The molecule has 0 saturated carbocycles. The fourth-order valence-electron chi connectivity index (χ4n) is 2.36. The Kier molecular flexibility index (Phi) is 3.91. The van der Waals surface area contributed by atoms with E-state index >= 15 is 0 Å². The van der Waals surface area contributed by atoms with Crippen molar-refractivity contribution in [2.45, 2.75) is 26.4 Å². The van der Waals surface area contributed by atoms with Crippen molar-refractivity contribution in [2.24, 2.45) is 0 Å². The molecule has 5 nitrogen and oxygen atoms in total. The minimum atomic E-state index is 0.484. The Morgan fingerprint density at radius 1 is 1.35 bits per heavy atom. The lowest BCUT2D eigenvalue weighted by molar-refractivity contribution is 0.0826. The van der Waals surface area contributed by atoms with Crippen LogP contribution in [-0.4, -0.2) is 52.0 Å². The molecule has 94 valence electrons. The number of nitrogens with two attached hydrogens (primary N) is 1. The molecule has 1 aliphatic heterocycles. The van der Waals surface area contributed by atoms with E-state index in [4.69, 9.17) is 5.73 Å². The van der Waals surface area contributed by atoms with Gasteiger partial charge in [0, 0.05) is 32.2 Å². The highest BCUT2D eigenvalue weighted by atomic mass is 15.3. The highest BCUT2D eigenvalue weighted by Crippen LogP contribution is 2.11. The number of rotatable bonds is 3. The Morgan fingerprint density at radius 2 is 2.18 bits per heavy atom. The van der Waals surface area contributed by atoms with Crippen molar-refractivity contribution in [1.29, 1.82) is 0 Å². The molecule has 0 amide bonds. The zero-order valence-electron chi connectivity index (χ0n) is 10.6. The molecule has 1 unspecified atom stereocenters. The van der Waals surface area contributed by atoms with E-state index in [0.717, 1.165) is 38.4 Å². The summed E-state index contributed by atoms with van der Waals surface area (Å²) in [6.07, 6.45) is 3.40. The van der Waals surface area contributed by atoms with Gasteiger partial charge in [-0.1, -0.05) is 6.92 Å². The van der Waals surface area contributed by atoms with Gasteiger partial charge in [-0.2, -0.15) is 0 Å². The van der Waals surface area contributed by atoms with Crippen molar-refractivity contribution in [2.75, 3.05) is 31.9 Å². The summed E-state index contributed by atoms with van der Waals surface area (Å²) in [4.78, 5) is 13.3. The lowest BCUT2D eigenvalue weighted by Crippen LogP contribution is -2.51. The molecule has 0 radical (unpaired) electrons. The second-order valence-corrected chi connectivity index (χ2v) is 4.65. The molecule has 2 heterocycles. The minimum absolute atomic E-state index is 0.484. The van der Waals surface area contributed by atoms with Gasteiger partial charge in [0.05, 0.1) is 18.1 Å². The van der Waals surface area contributed by atoms with Crippen LogP contribution in [0.25, 0.3) is 0 Å². The quantitative estimate of drug-likeness (QED) is 0.830. The number of hydrogen-bond acceptors (Lipinski definition) is 5. The number of nitrogen functional groups attached to an aromatic ring is 1. The Bertz CT molecular complexity index is 350. The van der Waals surface area contributed by atoms with Crippen LogP contribution in [0.2, 0.25) is 0 Å². The molecule has 0 bridgehead atoms. The van der Waals surface area contributed by atoms with Gasteiger partial charge in [-0.05, 0) is 13.5 Å². The van der Waals surface area contributed by atoms with Crippen LogP contribution in [0, 0.1) is 0 Å². The normalized spacial score (nSPS) is 22.8. The molecule has 0 aromatic carbocycles. The molecule has 2 rings (SSSR count). The highest BCUT2D eigenvalue weighted by molar-refractivity contribution is 5.22. The van der Waals surface area contributed by atoms with Gasteiger partial charge >= 0.3 is 0 Å². The molecule has 1 atom stereocenters. The molecule has 1 aliphatic rings. The van der Waals surface area contributed by atoms with Crippen LogP contribution in [0.3, 0.4) is 0 Å². The Hall–Kier alpha value is -1.20. The lowest BCUT2D eigenvalue weighted by Gasteiger charge is -2.39. The van der Waals surface area contributed by atoms with Crippen molar-refractivity contribution in [1.82, 2.24) is 19.8 Å². The Balaban J connectivity index is 1.90. The monoisotopic (exact) mass is 235 g/mol. The van der Waals surface area contributed by atoms with Gasteiger partial charge < -0.3 is 5.73 Å². The summed E-state index contributed by atoms with van der Waals surface area (Å²) >= 11 is 0. The summed E-state index contributed by atoms with van der Waals surface area (Å²) in [6.45, 7) is 9.85. The topological polar surface area (TPSA) is 58.3 Å². The van der Waals surface area contributed by atoms with Crippen molar-refractivity contribution in [3.8, 4) is 0 Å². The maximum absolute atomic E-state index is 5.52. The van der Waals surface area contributed by atoms with E-state index in [0.29, 0.717) is 11.9 Å². The van der Waals surface area contributed by atoms with Crippen LogP contribution in [0.15, 0.2) is 12.4 Å². The van der Waals surface area contributed by atoms with E-state index in [2.05, 4.69) is 33.6 Å². The summed E-state index contributed by atoms with van der Waals surface area (Å²) in [5, 5.41) is 0. The van der Waals surface area contributed by atoms with Gasteiger partial charge in [0.2, 0.25) is 0 Å². The van der Waals surface area contributed by atoms with Crippen LogP contribution >= 0.6 is 0 Å². The lowest BCUT2D eigenvalue weighted by atomic mass is 10.2. The predicted octanol–water partition coefficient (Wildman–Crippen LogP) is 0.585. The fourth-order valence-corrected chi connectivity index (χ4v) is 2.36. The predicted molar refractivity (Wildman–Crippen MR) is 68.4 cm³/mol. The second-order valence-electron chi connectivity index (χ2n) is 4.65. The van der Waals surface area contributed by atoms with E-state index in [1.807, 2.05) is 0 Å². The van der Waals surface area contributed by atoms with Gasteiger partial charge in [-0.15, -0.1) is 0 Å². The summed E-state index contributed by atoms with van der Waals surface area (Å²) in [6, 6.07) is 0.621. The van der Waals surface area contributed by atoms with Gasteiger partial charge in [0.1, 0.15) is 5.82 Å². The SMILES string of the molecule is CCN1CCN(Cc2cnc(N)cn2)CC1C. The van der Waals surface area contributed by atoms with E-state index in [1.165, 1.54) is 0 Å². The average molecular weight is 235 g/mol. The third-order valence-electron chi connectivity index (χ3n) is 3.37. The average Bonchev–Trinajstić information content (AvgIpc) is 2.32. The van der Waals surface area contributed by atoms with Crippen molar-refractivity contribution < 1.29 is 0 Å². The summed E-state index contributed by atoms with van der Waals surface area (Å²) in [7, 11) is 0. The Labute approximate surface area is 103 Å². The molecule has 1 aromatic rings. The van der Waals surface area contributed by atoms with E-state index in [1.54, 1.807) is 12.4 Å². The number of hydrogen-bond donors (Lipinski definition) is 1. The maximum atomic E-state index is 5.52. The van der Waals surface area contributed by atoms with Crippen LogP contribution in [0.5, 0.6) is 0 Å². The van der Waals surface area contributed by atoms with Crippen LogP contribution in [-0.2, 0) is 6.54 Å². The standard InChI is InChI=1S/C12H21N5/c1-3-17-5-4-16(8-10(17)2)9-11-6-15-12(13)7-14-11/h6-7,10H,3-5,8-9H2,1-2H3,(H2,13,15). The summed E-state index contributed by atoms with van der Waals surface area (Å²) < 4.78 is 0. The second kappa shape index (κ2) is 5.42. The molecule has 1 saturated heterocycles. The van der Waals surface area contributed by atoms with Gasteiger partial charge in [0.15, 0.2) is 0 Å². The maximum Gasteiger partial charge on any atom is 0.141 e. The number of aromatic nitrogens is 2. The molecule has 0 spiro atoms. The number of anilines is 1. The smallest absolute Gasteiger partial charge is 0.141 e. The van der Waals surface area contributed by atoms with Gasteiger partial charge in [-0.25, -0.2) is 4.98 Å². The first-order valence-corrected chi connectivity index (χ1v) is 6.22. The van der Waals surface area contributed by atoms with Crippen molar-refractivity contribution >= 4 is 5.82 Å². The molecular formula is C12H21N5. The minimum Gasteiger partial charge on any atom is -0.382 e. The number of likely N-dealkylation sites (N-methyl/N-ethyl adjacent to an activating group) is 1. The van der Waals surface area contributed by atoms with Crippen molar-refractivity contribution in [3.05, 3.63) is 18.1 Å². The van der Waals surface area contributed by atoms with Gasteiger partial charge in [-0.3, -0.25) is 14.8 Å². The highest BCUT2D eigenvalue weighted by Gasteiger charge is 2.22. The fraction of sp³-hybridized carbons (Fsp3) is 0.667. The zero-order chi connectivity index (χ0) is 12.3. The van der Waals surface area contributed by atoms with E-state index in [-0.39, 0.29) is 0 Å². The molecular weight excluding hydrogens is 214 g/mol. The molecule has 0 aliphatic carbocycles. The molecule has 2 N–H and O–H groups in total. The third-order valence-corrected chi connectivity index (χ3v) is 3.37. The molecule has 1 fully saturated rings. The zero-order valence-corrected chi connectivity index (χ0v) is 10.6. The van der Waals surface area contributed by atoms with Crippen LogP contribution in [0.4, 0.5) is 5.82 Å². The summed E-state index contributed by atoms with van der Waals surface area (Å²) in [5.74, 6) is 0.484. The molecule has 17 heavy (non-hydrogen) atoms. The Morgan fingerprint density at radius 3 is 2.76 bits per heavy atom. The number of nitrogens with zero attached hydrogens (tertiary/aromatic N) is 4. The first kappa shape index (κ1) is 12.3. The molecule has 5 heteroatoms. The largest absolute Gasteiger partial charge is 0.382 e. The third kappa shape index (κ3) is 3.14. The first-order valence-electron chi connectivity index (χ1n) is 6.22. The number of piperazine rings is 1. The van der Waals surface area contributed by atoms with Crippen molar-refractivity contribution in [3.63, 3.8) is 0 Å². The van der Waals surface area contributed by atoms with Crippen LogP contribution in [0.1, 0.15) is 19.5 Å².